The van der Waals surface area contributed by atoms with Crippen LogP contribution in [0.2, 0.25) is 0 Å². The minimum atomic E-state index is -0.295. The van der Waals surface area contributed by atoms with E-state index in [1.54, 1.807) is 33.9 Å². The maximum absolute atomic E-state index is 13.2. The highest BCUT2D eigenvalue weighted by atomic mass is 19.1. The van der Waals surface area contributed by atoms with E-state index in [0.29, 0.717) is 26.2 Å². The van der Waals surface area contributed by atoms with Gasteiger partial charge in [0.05, 0.1) is 11.4 Å². The summed E-state index contributed by atoms with van der Waals surface area (Å²) in [4.78, 5) is 28.2. The Hall–Kier alpha value is -2.96. The van der Waals surface area contributed by atoms with Crippen molar-refractivity contribution in [2.75, 3.05) is 26.2 Å². The van der Waals surface area contributed by atoms with Crippen LogP contribution < -0.4 is 0 Å². The maximum atomic E-state index is 13.2. The molecule has 0 radical (unpaired) electrons. The Kier molecular flexibility index (Phi) is 6.15. The highest BCUT2D eigenvalue weighted by Crippen LogP contribution is 2.20. The summed E-state index contributed by atoms with van der Waals surface area (Å²) in [5.41, 5.74) is 3.31. The molecule has 154 valence electrons. The van der Waals surface area contributed by atoms with Gasteiger partial charge in [-0.1, -0.05) is 13.8 Å². The maximum Gasteiger partial charge on any atom is 0.246 e. The fourth-order valence-corrected chi connectivity index (χ4v) is 3.50. The van der Waals surface area contributed by atoms with Crippen molar-refractivity contribution in [3.63, 3.8) is 0 Å². The van der Waals surface area contributed by atoms with Gasteiger partial charge in [0.15, 0.2) is 0 Å². The van der Waals surface area contributed by atoms with Gasteiger partial charge in [-0.15, -0.1) is 0 Å². The number of benzene rings is 1. The Balaban J connectivity index is 1.68. The Bertz CT molecular complexity index is 923. The molecule has 0 aliphatic carbocycles. The predicted molar refractivity (Wildman–Crippen MR) is 110 cm³/mol. The first-order valence-electron chi connectivity index (χ1n) is 9.86. The number of piperazine rings is 1. The van der Waals surface area contributed by atoms with Crippen molar-refractivity contribution in [1.29, 1.82) is 0 Å². The van der Waals surface area contributed by atoms with Crippen LogP contribution in [0.3, 0.4) is 0 Å². The molecule has 2 aromatic rings. The summed E-state index contributed by atoms with van der Waals surface area (Å²) in [5, 5.41) is 4.52. The van der Waals surface area contributed by atoms with Gasteiger partial charge in [-0.05, 0) is 44.2 Å². The number of hydrogen-bond acceptors (Lipinski definition) is 3. The molecule has 2 amide bonds. The van der Waals surface area contributed by atoms with Gasteiger partial charge < -0.3 is 9.80 Å². The van der Waals surface area contributed by atoms with Crippen molar-refractivity contribution in [3.05, 3.63) is 53.1 Å². The molecule has 0 saturated carbocycles. The molecule has 6 nitrogen and oxygen atoms in total. The Morgan fingerprint density at radius 1 is 1.03 bits per heavy atom. The molecule has 0 N–H and O–H groups in total. The molecule has 0 spiro atoms. The van der Waals surface area contributed by atoms with Gasteiger partial charge in [0.2, 0.25) is 11.8 Å². The topological polar surface area (TPSA) is 58.4 Å². The fourth-order valence-electron chi connectivity index (χ4n) is 3.50. The third kappa shape index (κ3) is 4.55. The van der Waals surface area contributed by atoms with Crippen LogP contribution in [0.25, 0.3) is 11.8 Å². The summed E-state index contributed by atoms with van der Waals surface area (Å²) in [7, 11) is 0. The van der Waals surface area contributed by atoms with Gasteiger partial charge in [-0.25, -0.2) is 9.07 Å². The Morgan fingerprint density at radius 3 is 2.21 bits per heavy atom. The average Bonchev–Trinajstić information content (AvgIpc) is 2.99. The molecule has 29 heavy (non-hydrogen) atoms. The number of hydrogen-bond donors (Lipinski definition) is 0. The SMILES string of the molecule is Cc1nn(-c2ccc(F)cc2)c(C)c1/C=C/C(=O)N1CCN(C(=O)C(C)C)CC1. The number of aryl methyl sites for hydroxylation is 1. The third-order valence-electron chi connectivity index (χ3n) is 5.21. The van der Waals surface area contributed by atoms with E-state index in [2.05, 4.69) is 5.10 Å². The van der Waals surface area contributed by atoms with Gasteiger partial charge in [0.1, 0.15) is 5.82 Å². The monoisotopic (exact) mass is 398 g/mol. The quantitative estimate of drug-likeness (QED) is 0.744. The summed E-state index contributed by atoms with van der Waals surface area (Å²) in [6.45, 7) is 9.78. The van der Waals surface area contributed by atoms with E-state index in [4.69, 9.17) is 0 Å². The van der Waals surface area contributed by atoms with Crippen LogP contribution >= 0.6 is 0 Å². The zero-order chi connectivity index (χ0) is 21.1. The zero-order valence-corrected chi connectivity index (χ0v) is 17.4. The molecular weight excluding hydrogens is 371 g/mol. The molecular formula is C22H27FN4O2. The second kappa shape index (κ2) is 8.59. The van der Waals surface area contributed by atoms with E-state index in [9.17, 15) is 14.0 Å². The van der Waals surface area contributed by atoms with Crippen molar-refractivity contribution < 1.29 is 14.0 Å². The number of aromatic nitrogens is 2. The normalized spacial score (nSPS) is 14.8. The standard InChI is InChI=1S/C22H27FN4O2/c1-15(2)22(29)26-13-11-25(12-14-26)21(28)10-9-20-16(3)24-27(17(20)4)19-7-5-18(23)6-8-19/h5-10,15H,11-14H2,1-4H3/b10-9+. The predicted octanol–water partition coefficient (Wildman–Crippen LogP) is 2.97. The second-order valence-electron chi connectivity index (χ2n) is 7.61. The van der Waals surface area contributed by atoms with Crippen molar-refractivity contribution in [1.82, 2.24) is 19.6 Å². The van der Waals surface area contributed by atoms with Crippen LogP contribution in [0.5, 0.6) is 0 Å². The molecule has 0 bridgehead atoms. The summed E-state index contributed by atoms with van der Waals surface area (Å²) in [6.07, 6.45) is 3.34. The zero-order valence-electron chi connectivity index (χ0n) is 17.4. The van der Waals surface area contributed by atoms with Crippen LogP contribution in [-0.4, -0.2) is 57.6 Å². The van der Waals surface area contributed by atoms with Gasteiger partial charge in [0.25, 0.3) is 0 Å². The molecule has 3 rings (SSSR count). The minimum absolute atomic E-state index is 0.0271. The lowest BCUT2D eigenvalue weighted by molar-refractivity contribution is -0.139. The highest BCUT2D eigenvalue weighted by molar-refractivity contribution is 5.92. The van der Waals surface area contributed by atoms with Crippen molar-refractivity contribution in [2.45, 2.75) is 27.7 Å². The van der Waals surface area contributed by atoms with Crippen LogP contribution in [0.1, 0.15) is 30.8 Å². The van der Waals surface area contributed by atoms with Crippen LogP contribution in [-0.2, 0) is 9.59 Å². The highest BCUT2D eigenvalue weighted by Gasteiger charge is 2.24. The summed E-state index contributed by atoms with van der Waals surface area (Å²) in [5.74, 6) is -0.265. The van der Waals surface area contributed by atoms with E-state index >= 15 is 0 Å². The van der Waals surface area contributed by atoms with Gasteiger partial charge in [-0.2, -0.15) is 5.10 Å². The first-order valence-corrected chi connectivity index (χ1v) is 9.86. The molecule has 1 aliphatic heterocycles. The molecule has 0 atom stereocenters. The third-order valence-corrected chi connectivity index (χ3v) is 5.21. The first-order chi connectivity index (χ1) is 13.8. The second-order valence-corrected chi connectivity index (χ2v) is 7.61. The van der Waals surface area contributed by atoms with Crippen molar-refractivity contribution in [3.8, 4) is 5.69 Å². The molecule has 1 aromatic heterocycles. The molecule has 0 unspecified atom stereocenters. The lowest BCUT2D eigenvalue weighted by Gasteiger charge is -2.35. The smallest absolute Gasteiger partial charge is 0.246 e. The first kappa shape index (κ1) is 20.8. The fraction of sp³-hybridized carbons (Fsp3) is 0.409. The summed E-state index contributed by atoms with van der Waals surface area (Å²) >= 11 is 0. The minimum Gasteiger partial charge on any atom is -0.339 e. The molecule has 1 fully saturated rings. The van der Waals surface area contributed by atoms with Crippen LogP contribution in [0, 0.1) is 25.6 Å². The van der Waals surface area contributed by atoms with Crippen molar-refractivity contribution in [2.24, 2.45) is 5.92 Å². The van der Waals surface area contributed by atoms with Gasteiger partial charge >= 0.3 is 0 Å². The number of carbonyl (C=O) groups excluding carboxylic acids is 2. The molecule has 2 heterocycles. The van der Waals surface area contributed by atoms with E-state index < -0.39 is 0 Å². The number of amides is 2. The summed E-state index contributed by atoms with van der Waals surface area (Å²) < 4.78 is 14.9. The van der Waals surface area contributed by atoms with Crippen LogP contribution in [0.4, 0.5) is 4.39 Å². The number of carbonyl (C=O) groups is 2. The largest absolute Gasteiger partial charge is 0.339 e. The number of halogens is 1. The molecule has 1 aromatic carbocycles. The number of rotatable bonds is 4. The lowest BCUT2D eigenvalue weighted by atomic mass is 10.1. The molecule has 1 saturated heterocycles. The molecule has 7 heteroatoms. The van der Waals surface area contributed by atoms with Gasteiger partial charge in [-0.3, -0.25) is 9.59 Å². The van der Waals surface area contributed by atoms with E-state index in [0.717, 1.165) is 22.6 Å². The van der Waals surface area contributed by atoms with Crippen LogP contribution in [0.15, 0.2) is 30.3 Å². The number of nitrogens with zero attached hydrogens (tertiary/aromatic N) is 4. The van der Waals surface area contributed by atoms with E-state index in [1.165, 1.54) is 12.1 Å². The average molecular weight is 398 g/mol. The van der Waals surface area contributed by atoms with E-state index in [1.807, 2.05) is 32.6 Å². The van der Waals surface area contributed by atoms with Gasteiger partial charge in [0, 0.05) is 49.4 Å². The lowest BCUT2D eigenvalue weighted by Crippen LogP contribution is -2.51. The van der Waals surface area contributed by atoms with E-state index in [-0.39, 0.29) is 23.5 Å². The Labute approximate surface area is 170 Å². The molecule has 1 aliphatic rings. The van der Waals surface area contributed by atoms with Crippen molar-refractivity contribution >= 4 is 17.9 Å². The summed E-state index contributed by atoms with van der Waals surface area (Å²) in [6, 6.07) is 6.14. The Morgan fingerprint density at radius 2 is 1.62 bits per heavy atom.